The molecule has 0 amide bonds. The van der Waals surface area contributed by atoms with Gasteiger partial charge in [0, 0.05) is 0 Å². The molecule has 0 aliphatic heterocycles. The number of allylic oxidation sites excluding steroid dienone is 3. The molecule has 0 rings (SSSR count). The molecule has 0 spiro atoms. The molecule has 0 bridgehead atoms. The van der Waals surface area contributed by atoms with E-state index in [2.05, 4.69) is 19.9 Å². The molecule has 0 aromatic heterocycles. The third-order valence-electron chi connectivity index (χ3n) is 2.21. The molecule has 5 heteroatoms. The van der Waals surface area contributed by atoms with E-state index in [1.165, 1.54) is 5.57 Å². The summed E-state index contributed by atoms with van der Waals surface area (Å²) in [5.41, 5.74) is 2.29. The van der Waals surface area contributed by atoms with Gasteiger partial charge in [-0.2, -0.15) is 0 Å². The van der Waals surface area contributed by atoms with E-state index in [9.17, 15) is 4.57 Å². The van der Waals surface area contributed by atoms with Crippen LogP contribution in [0.5, 0.6) is 0 Å². The number of rotatable bonds is 10. The quantitative estimate of drug-likeness (QED) is 0.425. The second-order valence-corrected chi connectivity index (χ2v) is 5.98. The lowest BCUT2D eigenvalue weighted by Crippen LogP contribution is -2.00. The van der Waals surface area contributed by atoms with Crippen molar-refractivity contribution in [3.05, 3.63) is 23.3 Å². The minimum absolute atomic E-state index is 0.216. The van der Waals surface area contributed by atoms with E-state index in [0.29, 0.717) is 0 Å². The van der Waals surface area contributed by atoms with Crippen LogP contribution in [0, 0.1) is 0 Å². The fraction of sp³-hybridized carbons (Fsp3) is 0.714. The van der Waals surface area contributed by atoms with Gasteiger partial charge in [-0.1, -0.05) is 23.3 Å². The highest BCUT2D eigenvalue weighted by molar-refractivity contribution is 7.48. The van der Waals surface area contributed by atoms with Gasteiger partial charge in [0.1, 0.15) is 0 Å². The third kappa shape index (κ3) is 10.1. The first-order valence-electron chi connectivity index (χ1n) is 7.21. The van der Waals surface area contributed by atoms with Crippen LogP contribution in [0.1, 0.15) is 48.8 Å². The third-order valence-corrected chi connectivity index (χ3v) is 3.74. The summed E-state index contributed by atoms with van der Waals surface area (Å²) < 4.78 is 34.9. The molecule has 0 aromatic rings. The molecule has 0 unspecified atom stereocenters. The van der Waals surface area contributed by atoms with E-state index in [4.69, 9.17) is 14.9 Å². The minimum Gasteiger partial charge on any atom is -0.287 e. The predicted octanol–water partition coefficient (Wildman–Crippen LogP) is 4.88. The average molecular weight is 291 g/mol. The molecule has 19 heavy (non-hydrogen) atoms. The van der Waals surface area contributed by atoms with Gasteiger partial charge in [-0.05, 0) is 47.5 Å². The van der Waals surface area contributed by atoms with Crippen molar-refractivity contribution < 1.29 is 19.5 Å². The Morgan fingerprint density at radius 1 is 1.11 bits per heavy atom. The van der Waals surface area contributed by atoms with Crippen molar-refractivity contribution in [2.24, 2.45) is 0 Å². The van der Waals surface area contributed by atoms with E-state index >= 15 is 0 Å². The lowest BCUT2D eigenvalue weighted by atomic mass is 10.1. The van der Waals surface area contributed by atoms with Crippen molar-refractivity contribution in [1.29, 1.82) is 0 Å². The number of phosphoric ester groups is 1. The van der Waals surface area contributed by atoms with E-state index in [1.807, 2.05) is 6.92 Å². The van der Waals surface area contributed by atoms with Crippen molar-refractivity contribution >= 4 is 7.82 Å². The molecule has 0 heterocycles. The largest absolute Gasteiger partial charge is 0.475 e. The predicted molar refractivity (Wildman–Crippen MR) is 79.2 cm³/mol. The van der Waals surface area contributed by atoms with Crippen LogP contribution in [0.3, 0.4) is 0 Å². The van der Waals surface area contributed by atoms with Gasteiger partial charge in [-0.3, -0.25) is 13.6 Å². The Balaban J connectivity index is 4.46. The van der Waals surface area contributed by atoms with Crippen LogP contribution in [0.15, 0.2) is 23.3 Å². The molecule has 0 aliphatic carbocycles. The van der Waals surface area contributed by atoms with Crippen LogP contribution >= 0.6 is 7.82 Å². The Morgan fingerprint density at radius 3 is 2.16 bits per heavy atom. The van der Waals surface area contributed by atoms with E-state index in [1.54, 1.807) is 19.9 Å². The zero-order chi connectivity index (χ0) is 15.6. The highest BCUT2D eigenvalue weighted by Crippen LogP contribution is 2.49. The topological polar surface area (TPSA) is 44.8 Å². The summed E-state index contributed by atoms with van der Waals surface area (Å²) in [7, 11) is -3.62. The highest BCUT2D eigenvalue weighted by atomic mass is 31.2. The van der Waals surface area contributed by atoms with Gasteiger partial charge in [0.15, 0.2) is 0 Å². The SMILES string of the molecule is [2H][C@@H](/C=C(\C)CCC=C(C)C)OP(=O)(OCC)OCC. The molecule has 112 valence electrons. The average Bonchev–Trinajstić information content (AvgIpc) is 2.27. The van der Waals surface area contributed by atoms with Crippen LogP contribution < -0.4 is 0 Å². The van der Waals surface area contributed by atoms with Crippen LogP contribution in [0.4, 0.5) is 0 Å². The summed E-state index contributed by atoms with van der Waals surface area (Å²) in [6.07, 6.45) is 5.54. The summed E-state index contributed by atoms with van der Waals surface area (Å²) in [4.78, 5) is 0. The zero-order valence-electron chi connectivity index (χ0n) is 13.6. The summed E-state index contributed by atoms with van der Waals surface area (Å²) >= 11 is 0. The number of hydrogen-bond acceptors (Lipinski definition) is 4. The summed E-state index contributed by atoms with van der Waals surface area (Å²) in [6.45, 7) is 8.82. The molecule has 0 aromatic carbocycles. The Morgan fingerprint density at radius 2 is 1.68 bits per heavy atom. The Bertz CT molecular complexity index is 365. The van der Waals surface area contributed by atoms with Crippen LogP contribution in [-0.4, -0.2) is 19.8 Å². The fourth-order valence-corrected chi connectivity index (χ4v) is 2.35. The van der Waals surface area contributed by atoms with Gasteiger partial charge in [0.25, 0.3) is 0 Å². The van der Waals surface area contributed by atoms with Gasteiger partial charge in [-0.15, -0.1) is 0 Å². The van der Waals surface area contributed by atoms with E-state index in [0.717, 1.165) is 18.4 Å². The highest BCUT2D eigenvalue weighted by Gasteiger charge is 2.24. The van der Waals surface area contributed by atoms with Crippen molar-refractivity contribution in [1.82, 2.24) is 0 Å². The van der Waals surface area contributed by atoms with Crippen molar-refractivity contribution in [3.63, 3.8) is 0 Å². The number of phosphoric acid groups is 1. The van der Waals surface area contributed by atoms with Gasteiger partial charge >= 0.3 is 7.82 Å². The standard InChI is InChI=1S/C14H27O4P/c1-6-16-19(15,17-7-2)18-12-11-14(5)10-8-9-13(3)4/h9,11H,6-8,10,12H2,1-5H3/b14-11+/i12D/t12-/m0/s1. The molecule has 1 atom stereocenters. The van der Waals surface area contributed by atoms with E-state index in [-0.39, 0.29) is 13.2 Å². The molecular weight excluding hydrogens is 263 g/mol. The van der Waals surface area contributed by atoms with Crippen LogP contribution in [-0.2, 0) is 18.1 Å². The first kappa shape index (κ1) is 16.6. The lowest BCUT2D eigenvalue weighted by molar-refractivity contribution is 0.131. The summed E-state index contributed by atoms with van der Waals surface area (Å²) in [6, 6.07) is 0. The smallest absolute Gasteiger partial charge is 0.287 e. The first-order chi connectivity index (χ1) is 9.33. The Hall–Kier alpha value is -0.410. The van der Waals surface area contributed by atoms with Gasteiger partial charge < -0.3 is 0 Å². The molecule has 0 aliphatic rings. The zero-order valence-corrected chi connectivity index (χ0v) is 13.5. The molecule has 4 nitrogen and oxygen atoms in total. The molecule has 0 fully saturated rings. The monoisotopic (exact) mass is 291 g/mol. The van der Waals surface area contributed by atoms with E-state index < -0.39 is 14.4 Å². The minimum atomic E-state index is -3.62. The Labute approximate surface area is 118 Å². The van der Waals surface area contributed by atoms with Gasteiger partial charge in [0.2, 0.25) is 0 Å². The molecule has 0 saturated carbocycles. The van der Waals surface area contributed by atoms with Gasteiger partial charge in [-0.25, -0.2) is 4.57 Å². The first-order valence-corrected chi connectivity index (χ1v) is 8.09. The summed E-state index contributed by atoms with van der Waals surface area (Å²) in [5, 5.41) is 0. The van der Waals surface area contributed by atoms with Crippen LogP contribution in [0.2, 0.25) is 0 Å². The van der Waals surface area contributed by atoms with Crippen molar-refractivity contribution in [2.75, 3.05) is 19.8 Å². The van der Waals surface area contributed by atoms with Gasteiger partial charge in [0.05, 0.1) is 21.2 Å². The maximum atomic E-state index is 12.1. The second kappa shape index (κ2) is 10.4. The molecule has 0 saturated heterocycles. The second-order valence-electron chi connectivity index (χ2n) is 4.36. The molecule has 0 N–H and O–H groups in total. The normalized spacial score (nSPS) is 15.0. The number of hydrogen-bond donors (Lipinski definition) is 0. The maximum absolute atomic E-state index is 12.1. The fourth-order valence-electron chi connectivity index (χ4n) is 1.31. The summed E-state index contributed by atoms with van der Waals surface area (Å²) in [5.74, 6) is 0. The van der Waals surface area contributed by atoms with Crippen LogP contribution in [0.25, 0.3) is 0 Å². The van der Waals surface area contributed by atoms with Crippen molar-refractivity contribution in [2.45, 2.75) is 47.5 Å². The molecular formula is C14H27O4P. The lowest BCUT2D eigenvalue weighted by Gasteiger charge is -2.15. The van der Waals surface area contributed by atoms with Crippen molar-refractivity contribution in [3.8, 4) is 0 Å². The molecule has 0 radical (unpaired) electrons. The maximum Gasteiger partial charge on any atom is 0.475 e. The Kier molecular flexibility index (Phi) is 9.10.